The largest absolute Gasteiger partial charge is 0.497 e. The van der Waals surface area contributed by atoms with Gasteiger partial charge in [0.15, 0.2) is 10.5 Å². The summed E-state index contributed by atoms with van der Waals surface area (Å²) in [6.07, 6.45) is 0.341. The van der Waals surface area contributed by atoms with Crippen LogP contribution < -0.4 is 15.4 Å². The van der Waals surface area contributed by atoms with Gasteiger partial charge in [0.2, 0.25) is 11.8 Å². The summed E-state index contributed by atoms with van der Waals surface area (Å²) in [5.74, 6) is -0.219. The van der Waals surface area contributed by atoms with Gasteiger partial charge in [-0.1, -0.05) is 12.1 Å². The van der Waals surface area contributed by atoms with Gasteiger partial charge in [0.1, 0.15) is 5.75 Å². The van der Waals surface area contributed by atoms with Crippen molar-refractivity contribution in [1.29, 1.82) is 0 Å². The summed E-state index contributed by atoms with van der Waals surface area (Å²) in [4.78, 5) is 27.2. The lowest BCUT2D eigenvalue weighted by Gasteiger charge is -2.36. The molecule has 2 N–H and O–H groups in total. The Bertz CT molecular complexity index is 602. The molecule has 0 unspecified atom stereocenters. The highest BCUT2D eigenvalue weighted by molar-refractivity contribution is 7.80. The summed E-state index contributed by atoms with van der Waals surface area (Å²) in [6, 6.07) is 7.00. The van der Waals surface area contributed by atoms with E-state index < -0.39 is 17.2 Å². The van der Waals surface area contributed by atoms with Crippen molar-refractivity contribution in [3.8, 4) is 5.75 Å². The number of nitrogens with zero attached hydrogens (tertiary/aromatic N) is 1. The molecular formula is C15H20ClN3O3S. The molecule has 1 aliphatic rings. The van der Waals surface area contributed by atoms with Crippen molar-refractivity contribution < 1.29 is 14.3 Å². The zero-order valence-corrected chi connectivity index (χ0v) is 14.8. The summed E-state index contributed by atoms with van der Waals surface area (Å²) >= 11 is 4.90. The van der Waals surface area contributed by atoms with Gasteiger partial charge in [0, 0.05) is 0 Å². The minimum absolute atomic E-state index is 0. The first-order chi connectivity index (χ1) is 10.4. The molecule has 0 aromatic heterocycles. The second-order valence-corrected chi connectivity index (χ2v) is 5.84. The Morgan fingerprint density at radius 2 is 1.83 bits per heavy atom. The van der Waals surface area contributed by atoms with Crippen LogP contribution in [0.2, 0.25) is 0 Å². The first-order valence-corrected chi connectivity index (χ1v) is 7.27. The van der Waals surface area contributed by atoms with E-state index in [1.807, 2.05) is 19.0 Å². The molecule has 0 atom stereocenters. The van der Waals surface area contributed by atoms with Crippen molar-refractivity contribution in [2.45, 2.75) is 11.8 Å². The molecule has 23 heavy (non-hydrogen) atoms. The summed E-state index contributed by atoms with van der Waals surface area (Å²) in [5, 5.41) is 5.16. The number of hydrogen-bond donors (Lipinski definition) is 2. The Morgan fingerprint density at radius 3 is 2.35 bits per heavy atom. The van der Waals surface area contributed by atoms with Crippen molar-refractivity contribution in [3.63, 3.8) is 0 Å². The van der Waals surface area contributed by atoms with Crippen LogP contribution in [-0.2, 0) is 15.0 Å². The van der Waals surface area contributed by atoms with Crippen molar-refractivity contribution in [3.05, 3.63) is 29.8 Å². The van der Waals surface area contributed by atoms with E-state index in [4.69, 9.17) is 17.0 Å². The average molecular weight is 358 g/mol. The number of halogens is 1. The molecule has 0 aliphatic carbocycles. The minimum atomic E-state index is -1.32. The van der Waals surface area contributed by atoms with E-state index in [0.717, 1.165) is 0 Å². The van der Waals surface area contributed by atoms with E-state index in [2.05, 4.69) is 10.6 Å². The van der Waals surface area contributed by atoms with Crippen molar-refractivity contribution >= 4 is 41.6 Å². The van der Waals surface area contributed by atoms with Crippen LogP contribution in [0.4, 0.5) is 0 Å². The molecule has 0 saturated carbocycles. The minimum Gasteiger partial charge on any atom is -0.497 e. The normalized spacial score (nSPS) is 16.4. The Morgan fingerprint density at radius 1 is 1.22 bits per heavy atom. The molecule has 0 bridgehead atoms. The topological polar surface area (TPSA) is 70.7 Å². The van der Waals surface area contributed by atoms with Gasteiger partial charge in [-0.25, -0.2) is 0 Å². The summed E-state index contributed by atoms with van der Waals surface area (Å²) in [6.45, 7) is 0.574. The van der Waals surface area contributed by atoms with Crippen molar-refractivity contribution in [1.82, 2.24) is 15.5 Å². The zero-order chi connectivity index (χ0) is 16.3. The maximum absolute atomic E-state index is 12.6. The molecule has 0 spiro atoms. The summed E-state index contributed by atoms with van der Waals surface area (Å²) in [5.41, 5.74) is -0.729. The van der Waals surface area contributed by atoms with Crippen LogP contribution in [0.3, 0.4) is 0 Å². The maximum atomic E-state index is 12.6. The van der Waals surface area contributed by atoms with Crippen molar-refractivity contribution in [2.24, 2.45) is 0 Å². The highest BCUT2D eigenvalue weighted by Gasteiger charge is 2.50. The van der Waals surface area contributed by atoms with Gasteiger partial charge in [-0.15, -0.1) is 12.4 Å². The highest BCUT2D eigenvalue weighted by Crippen LogP contribution is 2.33. The molecule has 2 amide bonds. The third-order valence-corrected chi connectivity index (χ3v) is 3.93. The SMILES string of the molecule is COc1cccc(C2(CCN(C)C)C(=O)NC(=S)NC2=O)c1.Cl. The number of thiocarbonyl (C=S) groups is 1. The number of carbonyl (C=O) groups is 2. The number of ether oxygens (including phenoxy) is 1. The number of benzene rings is 1. The molecule has 2 rings (SSSR count). The molecule has 1 fully saturated rings. The van der Waals surface area contributed by atoms with E-state index in [-0.39, 0.29) is 17.5 Å². The van der Waals surface area contributed by atoms with E-state index >= 15 is 0 Å². The molecule has 8 heteroatoms. The first-order valence-electron chi connectivity index (χ1n) is 6.86. The Kier molecular flexibility index (Phi) is 6.49. The van der Waals surface area contributed by atoms with Gasteiger partial charge >= 0.3 is 0 Å². The molecule has 1 aromatic rings. The fraction of sp³-hybridized carbons (Fsp3) is 0.400. The predicted octanol–water partition coefficient (Wildman–Crippen LogP) is 0.837. The van der Waals surface area contributed by atoms with Gasteiger partial charge in [0.05, 0.1) is 7.11 Å². The number of nitrogens with one attached hydrogen (secondary N) is 2. The fourth-order valence-corrected chi connectivity index (χ4v) is 2.65. The lowest BCUT2D eigenvalue weighted by molar-refractivity contribution is -0.138. The van der Waals surface area contributed by atoms with Gasteiger partial charge in [-0.3, -0.25) is 9.59 Å². The smallest absolute Gasteiger partial charge is 0.246 e. The number of methoxy groups -OCH3 is 1. The molecule has 1 aliphatic heterocycles. The first kappa shape index (κ1) is 19.3. The third-order valence-electron chi connectivity index (χ3n) is 3.73. The van der Waals surface area contributed by atoms with Crippen LogP contribution >= 0.6 is 24.6 Å². The van der Waals surface area contributed by atoms with Gasteiger partial charge in [0.25, 0.3) is 0 Å². The molecule has 6 nitrogen and oxygen atoms in total. The Balaban J connectivity index is 0.00000264. The Hall–Kier alpha value is -1.70. The molecular weight excluding hydrogens is 338 g/mol. The molecule has 126 valence electrons. The lowest BCUT2D eigenvalue weighted by atomic mass is 9.74. The lowest BCUT2D eigenvalue weighted by Crippen LogP contribution is -2.65. The third kappa shape index (κ3) is 3.80. The summed E-state index contributed by atoms with van der Waals surface area (Å²) in [7, 11) is 5.33. The van der Waals surface area contributed by atoms with Crippen LogP contribution in [-0.4, -0.2) is 49.6 Å². The summed E-state index contributed by atoms with van der Waals surface area (Å²) < 4.78 is 5.21. The van der Waals surface area contributed by atoms with E-state index in [0.29, 0.717) is 24.3 Å². The van der Waals surface area contributed by atoms with Crippen LogP contribution in [0.25, 0.3) is 0 Å². The van der Waals surface area contributed by atoms with Gasteiger partial charge < -0.3 is 20.3 Å². The van der Waals surface area contributed by atoms with Gasteiger partial charge in [-0.2, -0.15) is 0 Å². The fourth-order valence-electron chi connectivity index (χ4n) is 2.47. The standard InChI is InChI=1S/C15H19N3O3S.ClH/c1-18(2)8-7-15(10-5-4-6-11(9-10)21-3)12(19)16-14(22)17-13(15)20;/h4-6,9H,7-8H2,1-3H3,(H2,16,17,19,20,22);1H. The number of hydrogen-bond acceptors (Lipinski definition) is 5. The van der Waals surface area contributed by atoms with Crippen LogP contribution in [0.5, 0.6) is 5.75 Å². The van der Waals surface area contributed by atoms with Crippen LogP contribution in [0.15, 0.2) is 24.3 Å². The predicted molar refractivity (Wildman–Crippen MR) is 94.0 cm³/mol. The quantitative estimate of drug-likeness (QED) is 0.603. The second-order valence-electron chi connectivity index (χ2n) is 5.43. The maximum Gasteiger partial charge on any atom is 0.246 e. The number of rotatable bonds is 5. The van der Waals surface area contributed by atoms with E-state index in [9.17, 15) is 9.59 Å². The van der Waals surface area contributed by atoms with Crippen LogP contribution in [0.1, 0.15) is 12.0 Å². The van der Waals surface area contributed by atoms with Crippen LogP contribution in [0, 0.1) is 0 Å². The number of amides is 2. The molecule has 1 saturated heterocycles. The Labute approximate surface area is 147 Å². The monoisotopic (exact) mass is 357 g/mol. The number of carbonyl (C=O) groups excluding carboxylic acids is 2. The average Bonchev–Trinajstić information content (AvgIpc) is 2.46. The van der Waals surface area contributed by atoms with E-state index in [1.165, 1.54) is 0 Å². The highest BCUT2D eigenvalue weighted by atomic mass is 35.5. The van der Waals surface area contributed by atoms with Crippen molar-refractivity contribution in [2.75, 3.05) is 27.7 Å². The second kappa shape index (κ2) is 7.72. The zero-order valence-electron chi connectivity index (χ0n) is 13.2. The molecule has 1 aromatic carbocycles. The molecule has 1 heterocycles. The molecule has 0 radical (unpaired) electrons. The van der Waals surface area contributed by atoms with Gasteiger partial charge in [-0.05, 0) is 57.0 Å². The van der Waals surface area contributed by atoms with E-state index in [1.54, 1.807) is 31.4 Å².